The van der Waals surface area contributed by atoms with Crippen molar-refractivity contribution in [2.24, 2.45) is 0 Å². The van der Waals surface area contributed by atoms with Gasteiger partial charge < -0.3 is 5.11 Å². The van der Waals surface area contributed by atoms with E-state index in [0.717, 1.165) is 12.1 Å². The quantitative estimate of drug-likeness (QED) is 0.684. The Bertz CT molecular complexity index is 435. The van der Waals surface area contributed by atoms with E-state index in [1.54, 1.807) is 0 Å². The van der Waals surface area contributed by atoms with Crippen LogP contribution in [0.15, 0.2) is 29.8 Å². The van der Waals surface area contributed by atoms with Crippen LogP contribution in [0, 0.1) is 0 Å². The lowest BCUT2D eigenvalue weighted by Crippen LogP contribution is -2.04. The lowest BCUT2D eigenvalue weighted by Gasteiger charge is -2.06. The fourth-order valence-electron chi connectivity index (χ4n) is 1.13. The van der Waals surface area contributed by atoms with Crippen molar-refractivity contribution >= 4 is 28.0 Å². The summed E-state index contributed by atoms with van der Waals surface area (Å²) in [5.74, 6) is -1.11. The number of alkyl halides is 4. The molecule has 17 heavy (non-hydrogen) atoms. The van der Waals surface area contributed by atoms with Gasteiger partial charge in [0.15, 0.2) is 0 Å². The number of rotatable bonds is 3. The zero-order valence-electron chi connectivity index (χ0n) is 8.46. The van der Waals surface area contributed by atoms with Crippen LogP contribution in [0.3, 0.4) is 0 Å². The molecule has 0 saturated heterocycles. The average molecular weight is 309 g/mol. The molecule has 0 atom stereocenters. The summed E-state index contributed by atoms with van der Waals surface area (Å²) in [7, 11) is 0. The Kier molecular flexibility index (Phi) is 4.34. The summed E-state index contributed by atoms with van der Waals surface area (Å²) >= 11 is 2.99. The molecule has 1 aromatic carbocycles. The third-order valence-corrected chi connectivity index (χ3v) is 2.60. The second kappa shape index (κ2) is 5.35. The van der Waals surface area contributed by atoms with Gasteiger partial charge in [0.1, 0.15) is 0 Å². The van der Waals surface area contributed by atoms with Gasteiger partial charge in [0.25, 0.3) is 0 Å². The van der Waals surface area contributed by atoms with Gasteiger partial charge in [0, 0.05) is 10.9 Å². The highest BCUT2D eigenvalue weighted by Gasteiger charge is 2.29. The molecule has 0 aromatic heterocycles. The zero-order valence-corrected chi connectivity index (χ0v) is 10.0. The van der Waals surface area contributed by atoms with Gasteiger partial charge in [-0.25, -0.2) is 4.79 Å². The van der Waals surface area contributed by atoms with E-state index in [9.17, 15) is 18.0 Å². The molecule has 2 nitrogen and oxygen atoms in total. The topological polar surface area (TPSA) is 37.3 Å². The van der Waals surface area contributed by atoms with Gasteiger partial charge in [-0.1, -0.05) is 28.1 Å². The number of halogens is 4. The van der Waals surface area contributed by atoms with Crippen LogP contribution >= 0.6 is 15.9 Å². The first-order chi connectivity index (χ1) is 7.84. The Morgan fingerprint density at radius 2 is 1.82 bits per heavy atom. The van der Waals surface area contributed by atoms with E-state index in [0.29, 0.717) is 5.56 Å². The van der Waals surface area contributed by atoms with Crippen LogP contribution in [0.2, 0.25) is 0 Å². The fraction of sp³-hybridized carbons (Fsp3) is 0.182. The molecular weight excluding hydrogens is 301 g/mol. The minimum atomic E-state index is -4.38. The van der Waals surface area contributed by atoms with Gasteiger partial charge in [0.05, 0.1) is 5.56 Å². The van der Waals surface area contributed by atoms with Gasteiger partial charge in [-0.05, 0) is 23.8 Å². The molecule has 0 unspecified atom stereocenters. The third-order valence-electron chi connectivity index (χ3n) is 2.00. The minimum Gasteiger partial charge on any atom is -0.478 e. The average Bonchev–Trinajstić information content (AvgIpc) is 2.25. The standard InChI is InChI=1S/C11H8BrF3O2/c12-6-8(10(16)17)5-7-1-3-9(4-2-7)11(13,14)15/h1-5H,6H2,(H,16,17)/b8-5+. The highest BCUT2D eigenvalue weighted by Crippen LogP contribution is 2.29. The maximum Gasteiger partial charge on any atom is 0.416 e. The summed E-state index contributed by atoms with van der Waals surface area (Å²) in [6.45, 7) is 0. The monoisotopic (exact) mass is 308 g/mol. The molecule has 6 heteroatoms. The van der Waals surface area contributed by atoms with Gasteiger partial charge >= 0.3 is 12.1 Å². The van der Waals surface area contributed by atoms with Crippen molar-refractivity contribution in [2.45, 2.75) is 6.18 Å². The molecular formula is C11H8BrF3O2. The normalized spacial score (nSPS) is 12.6. The second-order valence-electron chi connectivity index (χ2n) is 3.23. The maximum absolute atomic E-state index is 12.3. The fourth-order valence-corrected chi connectivity index (χ4v) is 1.53. The van der Waals surface area contributed by atoms with E-state index >= 15 is 0 Å². The number of aliphatic carboxylic acids is 1. The summed E-state index contributed by atoms with van der Waals surface area (Å²) in [4.78, 5) is 10.7. The Morgan fingerprint density at radius 3 is 2.18 bits per heavy atom. The molecule has 1 rings (SSSR count). The minimum absolute atomic E-state index is 0.0739. The number of hydrogen-bond donors (Lipinski definition) is 1. The van der Waals surface area contributed by atoms with Crippen molar-refractivity contribution in [3.05, 3.63) is 41.0 Å². The molecule has 0 spiro atoms. The summed E-state index contributed by atoms with van der Waals surface area (Å²) < 4.78 is 36.8. The van der Waals surface area contributed by atoms with E-state index < -0.39 is 17.7 Å². The van der Waals surface area contributed by atoms with Crippen molar-refractivity contribution in [1.29, 1.82) is 0 Å². The molecule has 1 aromatic rings. The van der Waals surface area contributed by atoms with Crippen LogP contribution < -0.4 is 0 Å². The summed E-state index contributed by atoms with van der Waals surface area (Å²) in [6, 6.07) is 4.29. The van der Waals surface area contributed by atoms with E-state index in [1.807, 2.05) is 0 Å². The first-order valence-corrected chi connectivity index (χ1v) is 5.64. The molecule has 1 N–H and O–H groups in total. The van der Waals surface area contributed by atoms with Crippen LogP contribution in [0.4, 0.5) is 13.2 Å². The van der Waals surface area contributed by atoms with Crippen molar-refractivity contribution < 1.29 is 23.1 Å². The third kappa shape index (κ3) is 3.89. The number of carbonyl (C=O) groups is 1. The number of carboxylic acid groups (broad SMARTS) is 1. The SMILES string of the molecule is O=C(O)/C(=C/c1ccc(C(F)(F)F)cc1)CBr. The van der Waals surface area contributed by atoms with Gasteiger partial charge in [-0.2, -0.15) is 13.2 Å². The molecule has 0 saturated carbocycles. The number of carboxylic acids is 1. The largest absolute Gasteiger partial charge is 0.478 e. The molecule has 0 heterocycles. The van der Waals surface area contributed by atoms with Gasteiger partial charge in [-0.15, -0.1) is 0 Å². The van der Waals surface area contributed by atoms with Crippen molar-refractivity contribution in [1.82, 2.24) is 0 Å². The summed E-state index contributed by atoms with van der Waals surface area (Å²) in [5, 5.41) is 8.87. The molecule has 0 bridgehead atoms. The van der Waals surface area contributed by atoms with Gasteiger partial charge in [0.2, 0.25) is 0 Å². The van der Waals surface area contributed by atoms with E-state index in [-0.39, 0.29) is 10.9 Å². The molecule has 0 fully saturated rings. The van der Waals surface area contributed by atoms with Crippen molar-refractivity contribution in [2.75, 3.05) is 5.33 Å². The highest BCUT2D eigenvalue weighted by atomic mass is 79.9. The lowest BCUT2D eigenvalue weighted by atomic mass is 10.1. The maximum atomic E-state index is 12.3. The zero-order chi connectivity index (χ0) is 13.1. The first kappa shape index (κ1) is 13.8. The second-order valence-corrected chi connectivity index (χ2v) is 3.79. The highest BCUT2D eigenvalue weighted by molar-refractivity contribution is 9.09. The molecule has 0 radical (unpaired) electrons. The van der Waals surface area contributed by atoms with Crippen molar-refractivity contribution in [3.63, 3.8) is 0 Å². The Balaban J connectivity index is 3.00. The van der Waals surface area contributed by atoms with Crippen LogP contribution in [0.25, 0.3) is 6.08 Å². The van der Waals surface area contributed by atoms with Crippen LogP contribution in [0.1, 0.15) is 11.1 Å². The smallest absolute Gasteiger partial charge is 0.416 e. The van der Waals surface area contributed by atoms with E-state index in [4.69, 9.17) is 5.11 Å². The van der Waals surface area contributed by atoms with E-state index in [2.05, 4.69) is 15.9 Å². The van der Waals surface area contributed by atoms with Crippen LogP contribution in [-0.4, -0.2) is 16.4 Å². The Hall–Kier alpha value is -1.30. The Labute approximate surface area is 104 Å². The predicted octanol–water partition coefficient (Wildman–Crippen LogP) is 3.57. The summed E-state index contributed by atoms with van der Waals surface area (Å²) in [6.07, 6.45) is -3.06. The van der Waals surface area contributed by atoms with E-state index in [1.165, 1.54) is 18.2 Å². The molecule has 0 aliphatic carbocycles. The molecule has 0 amide bonds. The first-order valence-electron chi connectivity index (χ1n) is 4.51. The van der Waals surface area contributed by atoms with Crippen LogP contribution in [0.5, 0.6) is 0 Å². The molecule has 0 aliphatic rings. The Morgan fingerprint density at radius 1 is 1.29 bits per heavy atom. The van der Waals surface area contributed by atoms with Gasteiger partial charge in [-0.3, -0.25) is 0 Å². The molecule has 0 aliphatic heterocycles. The summed E-state index contributed by atoms with van der Waals surface area (Å²) in [5.41, 5.74) is -0.273. The molecule has 92 valence electrons. The van der Waals surface area contributed by atoms with Crippen molar-refractivity contribution in [3.8, 4) is 0 Å². The lowest BCUT2D eigenvalue weighted by molar-refractivity contribution is -0.137. The number of hydrogen-bond acceptors (Lipinski definition) is 1. The number of benzene rings is 1. The van der Waals surface area contributed by atoms with Crippen LogP contribution in [-0.2, 0) is 11.0 Å². The predicted molar refractivity (Wildman–Crippen MR) is 60.9 cm³/mol.